The van der Waals surface area contributed by atoms with Crippen molar-refractivity contribution >= 4 is 17.4 Å². The molecule has 4 rings (SSSR count). The molecule has 7 heteroatoms. The minimum Gasteiger partial charge on any atom is -0.507 e. The Morgan fingerprint density at radius 2 is 2.07 bits per heavy atom. The van der Waals surface area contributed by atoms with Crippen molar-refractivity contribution in [2.75, 3.05) is 6.61 Å². The molecule has 1 aliphatic rings. The Morgan fingerprint density at radius 1 is 1.20 bits per heavy atom. The first-order chi connectivity index (χ1) is 14.6. The van der Waals surface area contributed by atoms with Gasteiger partial charge >= 0.3 is 0 Å². The second-order valence-corrected chi connectivity index (χ2v) is 6.76. The highest BCUT2D eigenvalue weighted by atomic mass is 16.5. The molecular formula is C23H20N2O5. The summed E-state index contributed by atoms with van der Waals surface area (Å²) in [7, 11) is 0. The van der Waals surface area contributed by atoms with Crippen LogP contribution in [0.3, 0.4) is 0 Å². The largest absolute Gasteiger partial charge is 0.507 e. The topological polar surface area (TPSA) is 92.9 Å². The molecule has 0 saturated carbocycles. The number of carbonyl (C=O) groups excluding carboxylic acids is 2. The molecule has 1 aliphatic heterocycles. The third kappa shape index (κ3) is 3.57. The summed E-state index contributed by atoms with van der Waals surface area (Å²) in [6, 6.07) is 12.8. The number of amides is 1. The number of nitrogens with zero attached hydrogens (tertiary/aromatic N) is 2. The van der Waals surface area contributed by atoms with Gasteiger partial charge < -0.3 is 19.2 Å². The van der Waals surface area contributed by atoms with Crippen LogP contribution in [0.1, 0.15) is 29.9 Å². The van der Waals surface area contributed by atoms with E-state index in [-0.39, 0.29) is 17.9 Å². The van der Waals surface area contributed by atoms with Crippen LogP contribution < -0.4 is 4.74 Å². The summed E-state index contributed by atoms with van der Waals surface area (Å²) >= 11 is 0. The number of hydrogen-bond acceptors (Lipinski definition) is 6. The molecule has 30 heavy (non-hydrogen) atoms. The molecule has 1 aromatic carbocycles. The molecule has 3 aromatic rings. The number of carbonyl (C=O) groups is 2. The standard InChI is InChI=1S/C23H20N2O5/c1-2-29-17-8-3-7-16(12-17)21(26)19-20(18-9-5-11-30-18)25(23(28)22(19)27)14-15-6-4-10-24-13-15/h3-13,20,26H,2,14H2,1H3. The highest BCUT2D eigenvalue weighted by molar-refractivity contribution is 6.46. The van der Waals surface area contributed by atoms with Crippen LogP contribution in [0.4, 0.5) is 0 Å². The van der Waals surface area contributed by atoms with Gasteiger partial charge in [-0.15, -0.1) is 0 Å². The predicted molar refractivity (Wildman–Crippen MR) is 108 cm³/mol. The van der Waals surface area contributed by atoms with E-state index < -0.39 is 17.7 Å². The molecule has 1 N–H and O–H groups in total. The molecule has 1 saturated heterocycles. The van der Waals surface area contributed by atoms with Crippen molar-refractivity contribution in [2.24, 2.45) is 0 Å². The number of furan rings is 1. The van der Waals surface area contributed by atoms with Gasteiger partial charge in [-0.2, -0.15) is 0 Å². The SMILES string of the molecule is CCOc1cccc(C(O)=C2C(=O)C(=O)N(Cc3cccnc3)C2c2ccco2)c1. The summed E-state index contributed by atoms with van der Waals surface area (Å²) in [5.41, 5.74) is 1.12. The summed E-state index contributed by atoms with van der Waals surface area (Å²) in [6.45, 7) is 2.47. The fraction of sp³-hybridized carbons (Fsp3) is 0.174. The number of benzene rings is 1. The number of ether oxygens (including phenoxy) is 1. The first-order valence-corrected chi connectivity index (χ1v) is 9.54. The zero-order chi connectivity index (χ0) is 21.1. The molecule has 3 heterocycles. The van der Waals surface area contributed by atoms with Gasteiger partial charge in [0.05, 0.1) is 18.4 Å². The predicted octanol–water partition coefficient (Wildman–Crippen LogP) is 3.70. The quantitative estimate of drug-likeness (QED) is 0.383. The van der Waals surface area contributed by atoms with Crippen LogP contribution in [0.5, 0.6) is 5.75 Å². The lowest BCUT2D eigenvalue weighted by Gasteiger charge is -2.23. The Kier molecular flexibility index (Phi) is 5.34. The van der Waals surface area contributed by atoms with Crippen molar-refractivity contribution in [3.8, 4) is 5.75 Å². The van der Waals surface area contributed by atoms with Crippen molar-refractivity contribution in [3.63, 3.8) is 0 Å². The van der Waals surface area contributed by atoms with Crippen molar-refractivity contribution in [3.05, 3.63) is 89.6 Å². The molecule has 1 atom stereocenters. The van der Waals surface area contributed by atoms with E-state index >= 15 is 0 Å². The number of hydrogen-bond donors (Lipinski definition) is 1. The average molecular weight is 404 g/mol. The smallest absolute Gasteiger partial charge is 0.296 e. The van der Waals surface area contributed by atoms with Crippen LogP contribution in [0, 0.1) is 0 Å². The zero-order valence-corrected chi connectivity index (χ0v) is 16.3. The van der Waals surface area contributed by atoms with E-state index in [0.717, 1.165) is 5.56 Å². The number of rotatable bonds is 6. The fourth-order valence-corrected chi connectivity index (χ4v) is 3.53. The normalized spacial score (nSPS) is 18.0. The second-order valence-electron chi connectivity index (χ2n) is 6.76. The maximum absolute atomic E-state index is 12.9. The average Bonchev–Trinajstić information content (AvgIpc) is 3.37. The van der Waals surface area contributed by atoms with Crippen LogP contribution >= 0.6 is 0 Å². The second kappa shape index (κ2) is 8.24. The summed E-state index contributed by atoms with van der Waals surface area (Å²) < 4.78 is 11.0. The number of pyridine rings is 1. The number of aliphatic hydroxyl groups is 1. The fourth-order valence-electron chi connectivity index (χ4n) is 3.53. The van der Waals surface area contributed by atoms with Crippen LogP contribution in [0.25, 0.3) is 5.76 Å². The monoisotopic (exact) mass is 404 g/mol. The Hall–Kier alpha value is -3.87. The lowest BCUT2D eigenvalue weighted by Crippen LogP contribution is -2.29. The minimum atomic E-state index is -0.851. The summed E-state index contributed by atoms with van der Waals surface area (Å²) in [6.07, 6.45) is 4.73. The molecule has 7 nitrogen and oxygen atoms in total. The number of ketones is 1. The molecule has 1 fully saturated rings. The van der Waals surface area contributed by atoms with E-state index in [0.29, 0.717) is 23.7 Å². The zero-order valence-electron chi connectivity index (χ0n) is 16.3. The number of aliphatic hydroxyl groups excluding tert-OH is 1. The van der Waals surface area contributed by atoms with Crippen molar-refractivity contribution in [1.29, 1.82) is 0 Å². The van der Waals surface area contributed by atoms with Gasteiger partial charge in [-0.25, -0.2) is 0 Å². The first-order valence-electron chi connectivity index (χ1n) is 9.54. The van der Waals surface area contributed by atoms with Gasteiger partial charge in [0.25, 0.3) is 11.7 Å². The number of Topliss-reactive ketones (excluding diaryl/α,β-unsaturated/α-hetero) is 1. The van der Waals surface area contributed by atoms with Crippen LogP contribution in [-0.2, 0) is 16.1 Å². The third-order valence-electron chi connectivity index (χ3n) is 4.85. The molecule has 1 amide bonds. The minimum absolute atomic E-state index is 0.0208. The van der Waals surface area contributed by atoms with Crippen LogP contribution in [0.15, 0.2) is 77.2 Å². The molecule has 152 valence electrons. The Morgan fingerprint density at radius 3 is 2.77 bits per heavy atom. The lowest BCUT2D eigenvalue weighted by molar-refractivity contribution is -0.140. The van der Waals surface area contributed by atoms with E-state index in [2.05, 4.69) is 4.98 Å². The van der Waals surface area contributed by atoms with E-state index in [9.17, 15) is 14.7 Å². The van der Waals surface area contributed by atoms with Gasteiger partial charge in [0.15, 0.2) is 0 Å². The van der Waals surface area contributed by atoms with Crippen LogP contribution in [0.2, 0.25) is 0 Å². The lowest BCUT2D eigenvalue weighted by atomic mass is 9.99. The first kappa shape index (κ1) is 19.4. The Bertz CT molecular complexity index is 1090. The summed E-state index contributed by atoms with van der Waals surface area (Å²) in [5, 5.41) is 11.0. The van der Waals surface area contributed by atoms with Gasteiger partial charge in [0, 0.05) is 24.5 Å². The third-order valence-corrected chi connectivity index (χ3v) is 4.85. The molecule has 0 spiro atoms. The maximum Gasteiger partial charge on any atom is 0.296 e. The molecule has 0 aliphatic carbocycles. The van der Waals surface area contributed by atoms with E-state index in [1.54, 1.807) is 54.9 Å². The van der Waals surface area contributed by atoms with E-state index in [4.69, 9.17) is 9.15 Å². The Labute approximate surface area is 173 Å². The molecule has 0 bridgehead atoms. The van der Waals surface area contributed by atoms with Crippen molar-refractivity contribution < 1.29 is 23.8 Å². The summed E-state index contributed by atoms with van der Waals surface area (Å²) in [5.74, 6) is -0.798. The van der Waals surface area contributed by atoms with Gasteiger partial charge in [0.1, 0.15) is 23.3 Å². The molecule has 1 unspecified atom stereocenters. The molecule has 2 aromatic heterocycles. The van der Waals surface area contributed by atoms with Gasteiger partial charge in [-0.1, -0.05) is 18.2 Å². The highest BCUT2D eigenvalue weighted by Gasteiger charge is 2.47. The van der Waals surface area contributed by atoms with E-state index in [1.807, 2.05) is 13.0 Å². The van der Waals surface area contributed by atoms with Crippen molar-refractivity contribution in [1.82, 2.24) is 9.88 Å². The molecule has 0 radical (unpaired) electrons. The number of aromatic nitrogens is 1. The Balaban J connectivity index is 1.81. The van der Waals surface area contributed by atoms with Gasteiger partial charge in [-0.05, 0) is 42.8 Å². The number of likely N-dealkylation sites (tertiary alicyclic amines) is 1. The van der Waals surface area contributed by atoms with Crippen molar-refractivity contribution in [2.45, 2.75) is 19.5 Å². The summed E-state index contributed by atoms with van der Waals surface area (Å²) in [4.78, 5) is 31.3. The van der Waals surface area contributed by atoms with Crippen LogP contribution in [-0.4, -0.2) is 33.3 Å². The van der Waals surface area contributed by atoms with Gasteiger partial charge in [-0.3, -0.25) is 14.6 Å². The van der Waals surface area contributed by atoms with Gasteiger partial charge in [0.2, 0.25) is 0 Å². The van der Waals surface area contributed by atoms with E-state index in [1.165, 1.54) is 11.2 Å². The molecular weight excluding hydrogens is 384 g/mol. The maximum atomic E-state index is 12.9. The highest BCUT2D eigenvalue weighted by Crippen LogP contribution is 2.40.